The highest BCUT2D eigenvalue weighted by molar-refractivity contribution is 5.19. The van der Waals surface area contributed by atoms with E-state index in [0.717, 1.165) is 35.5 Å². The second-order valence-corrected chi connectivity index (χ2v) is 16.3. The molecule has 0 bridgehead atoms. The topological polar surface area (TPSA) is 0 Å². The quantitative estimate of drug-likeness (QED) is 0.352. The molecule has 0 unspecified atom stereocenters. The van der Waals surface area contributed by atoms with Gasteiger partial charge in [0.2, 0.25) is 0 Å². The third-order valence-corrected chi connectivity index (χ3v) is 14.8. The lowest BCUT2D eigenvalue weighted by molar-refractivity contribution is -0.241. The van der Waals surface area contributed by atoms with Gasteiger partial charge < -0.3 is 0 Å². The van der Waals surface area contributed by atoms with Gasteiger partial charge in [-0.05, 0) is 127 Å². The molecule has 5 saturated carbocycles. The zero-order valence-corrected chi connectivity index (χ0v) is 24.6. The summed E-state index contributed by atoms with van der Waals surface area (Å²) in [5.41, 5.74) is 2.90. The standard InChI is InChI=1S/C34H60/c1-9-10-11-13-24(2)25-16-21-31(5)26(25)17-22-33(7)28(31)14-15-29-32(6)20-12-19-30(3,4)27(32)18-23-34(29,33)8/h24-29H,9-23H2,1-8H3/t24-,25+,26-,27+,28-,29-,31+,32+,33-,34-/m1/s1. The van der Waals surface area contributed by atoms with Crippen LogP contribution >= 0.6 is 0 Å². The summed E-state index contributed by atoms with van der Waals surface area (Å²) in [6, 6.07) is 0. The van der Waals surface area contributed by atoms with Gasteiger partial charge in [0.05, 0.1) is 0 Å². The fourth-order valence-corrected chi connectivity index (χ4v) is 12.9. The molecule has 5 rings (SSSR count). The number of hydrogen-bond donors (Lipinski definition) is 0. The van der Waals surface area contributed by atoms with Crippen molar-refractivity contribution in [3.63, 3.8) is 0 Å². The second-order valence-electron chi connectivity index (χ2n) is 16.3. The zero-order valence-electron chi connectivity index (χ0n) is 24.6. The molecule has 0 aromatic rings. The van der Waals surface area contributed by atoms with Crippen molar-refractivity contribution in [1.29, 1.82) is 0 Å². The summed E-state index contributed by atoms with van der Waals surface area (Å²) in [5.74, 6) is 5.88. The molecule has 5 aliphatic rings. The van der Waals surface area contributed by atoms with Gasteiger partial charge in [0, 0.05) is 0 Å². The Morgan fingerprint density at radius 1 is 0.647 bits per heavy atom. The van der Waals surface area contributed by atoms with Gasteiger partial charge in [0.1, 0.15) is 0 Å². The van der Waals surface area contributed by atoms with Crippen LogP contribution in [0.2, 0.25) is 0 Å². The number of rotatable bonds is 5. The Morgan fingerprint density at radius 3 is 1.97 bits per heavy atom. The van der Waals surface area contributed by atoms with E-state index >= 15 is 0 Å². The summed E-state index contributed by atoms with van der Waals surface area (Å²) >= 11 is 0. The van der Waals surface area contributed by atoms with Crippen LogP contribution in [0.3, 0.4) is 0 Å². The molecule has 0 N–H and O–H groups in total. The van der Waals surface area contributed by atoms with E-state index in [-0.39, 0.29) is 0 Å². The van der Waals surface area contributed by atoms with E-state index in [2.05, 4.69) is 55.4 Å². The fourth-order valence-electron chi connectivity index (χ4n) is 12.9. The molecule has 34 heavy (non-hydrogen) atoms. The molecule has 196 valence electrons. The summed E-state index contributed by atoms with van der Waals surface area (Å²) in [5, 5.41) is 0. The van der Waals surface area contributed by atoms with E-state index < -0.39 is 0 Å². The highest BCUT2D eigenvalue weighted by Gasteiger charge is 2.70. The molecular formula is C34H60. The number of hydrogen-bond acceptors (Lipinski definition) is 0. The molecule has 0 aromatic carbocycles. The lowest BCUT2D eigenvalue weighted by Gasteiger charge is -2.73. The van der Waals surface area contributed by atoms with Crippen LogP contribution in [-0.2, 0) is 0 Å². The molecule has 5 aliphatic carbocycles. The van der Waals surface area contributed by atoms with E-state index in [1.54, 1.807) is 19.3 Å². The first-order valence-electron chi connectivity index (χ1n) is 15.9. The molecule has 0 nitrogen and oxygen atoms in total. The van der Waals surface area contributed by atoms with Gasteiger partial charge in [0.25, 0.3) is 0 Å². The molecule has 0 aromatic heterocycles. The fraction of sp³-hybridized carbons (Fsp3) is 1.00. The van der Waals surface area contributed by atoms with Gasteiger partial charge in [0.15, 0.2) is 0 Å². The average molecular weight is 469 g/mol. The minimum absolute atomic E-state index is 0.558. The predicted octanol–water partition coefficient (Wildman–Crippen LogP) is 10.7. The number of unbranched alkanes of at least 4 members (excludes halogenated alkanes) is 2. The summed E-state index contributed by atoms with van der Waals surface area (Å²) in [7, 11) is 0. The highest BCUT2D eigenvalue weighted by Crippen LogP contribution is 2.78. The molecule has 0 saturated heterocycles. The van der Waals surface area contributed by atoms with Gasteiger partial charge >= 0.3 is 0 Å². The lowest BCUT2D eigenvalue weighted by atomic mass is 9.32. The predicted molar refractivity (Wildman–Crippen MR) is 148 cm³/mol. The van der Waals surface area contributed by atoms with Crippen molar-refractivity contribution in [2.45, 2.75) is 152 Å². The maximum Gasteiger partial charge on any atom is -0.0235 e. The van der Waals surface area contributed by atoms with Crippen LogP contribution in [0.1, 0.15) is 152 Å². The molecule has 0 aliphatic heterocycles. The summed E-state index contributed by atoms with van der Waals surface area (Å²) in [6.07, 6.45) is 22.5. The first-order valence-corrected chi connectivity index (χ1v) is 15.9. The SMILES string of the molecule is CCCCC[C@@H](C)[C@@H]1CC[C@@]2(C)[C@@H]1CC[C@]1(C)[C@@H]2CC[C@@H]2[C@@]3(C)CCCC(C)(C)[C@@H]3CC[C@]21C. The Hall–Kier alpha value is 0. The largest absolute Gasteiger partial charge is 0.0654 e. The third-order valence-electron chi connectivity index (χ3n) is 14.8. The van der Waals surface area contributed by atoms with Crippen LogP contribution in [0.15, 0.2) is 0 Å². The van der Waals surface area contributed by atoms with Crippen LogP contribution in [0.4, 0.5) is 0 Å². The van der Waals surface area contributed by atoms with Crippen molar-refractivity contribution >= 4 is 0 Å². The first kappa shape index (κ1) is 25.6. The normalized spacial score (nSPS) is 52.8. The minimum atomic E-state index is 0.558. The van der Waals surface area contributed by atoms with Crippen molar-refractivity contribution in [2.75, 3.05) is 0 Å². The van der Waals surface area contributed by atoms with E-state index in [1.807, 2.05) is 0 Å². The van der Waals surface area contributed by atoms with E-state index in [1.165, 1.54) is 77.0 Å². The molecule has 0 spiro atoms. The highest BCUT2D eigenvalue weighted by atomic mass is 14.7. The van der Waals surface area contributed by atoms with E-state index in [4.69, 9.17) is 0 Å². The zero-order chi connectivity index (χ0) is 24.6. The Bertz CT molecular complexity index is 749. The van der Waals surface area contributed by atoms with Crippen LogP contribution in [-0.4, -0.2) is 0 Å². The second kappa shape index (κ2) is 8.51. The Labute approximate surface area is 214 Å². The van der Waals surface area contributed by atoms with Crippen LogP contribution in [0.25, 0.3) is 0 Å². The van der Waals surface area contributed by atoms with Crippen molar-refractivity contribution in [3.8, 4) is 0 Å². The Balaban J connectivity index is 1.41. The molecule has 5 fully saturated rings. The lowest BCUT2D eigenvalue weighted by Crippen LogP contribution is -2.65. The Kier molecular flexibility index (Phi) is 6.42. The van der Waals surface area contributed by atoms with Crippen molar-refractivity contribution < 1.29 is 0 Å². The molecular weight excluding hydrogens is 408 g/mol. The summed E-state index contributed by atoms with van der Waals surface area (Å²) < 4.78 is 0. The monoisotopic (exact) mass is 468 g/mol. The molecule has 10 atom stereocenters. The molecule has 0 amide bonds. The van der Waals surface area contributed by atoms with Crippen LogP contribution in [0, 0.1) is 62.6 Å². The van der Waals surface area contributed by atoms with Crippen LogP contribution in [0.5, 0.6) is 0 Å². The van der Waals surface area contributed by atoms with Gasteiger partial charge in [-0.15, -0.1) is 0 Å². The average Bonchev–Trinajstić information content (AvgIpc) is 3.11. The van der Waals surface area contributed by atoms with Crippen molar-refractivity contribution in [1.82, 2.24) is 0 Å². The Morgan fingerprint density at radius 2 is 1.29 bits per heavy atom. The van der Waals surface area contributed by atoms with Gasteiger partial charge in [-0.1, -0.05) is 87.5 Å². The van der Waals surface area contributed by atoms with Gasteiger partial charge in [-0.25, -0.2) is 0 Å². The van der Waals surface area contributed by atoms with Crippen LogP contribution < -0.4 is 0 Å². The van der Waals surface area contributed by atoms with Gasteiger partial charge in [-0.3, -0.25) is 0 Å². The molecule has 0 heterocycles. The molecule has 0 heteroatoms. The van der Waals surface area contributed by atoms with Crippen molar-refractivity contribution in [3.05, 3.63) is 0 Å². The number of fused-ring (bicyclic) bond motifs is 7. The maximum absolute atomic E-state index is 2.83. The summed E-state index contributed by atoms with van der Waals surface area (Å²) in [4.78, 5) is 0. The van der Waals surface area contributed by atoms with E-state index in [0.29, 0.717) is 27.1 Å². The maximum atomic E-state index is 2.83. The smallest absolute Gasteiger partial charge is 0.0235 e. The minimum Gasteiger partial charge on any atom is -0.0654 e. The van der Waals surface area contributed by atoms with E-state index in [9.17, 15) is 0 Å². The first-order chi connectivity index (χ1) is 15.9. The molecule has 0 radical (unpaired) electrons. The third kappa shape index (κ3) is 3.41. The van der Waals surface area contributed by atoms with Crippen molar-refractivity contribution in [2.24, 2.45) is 62.6 Å². The summed E-state index contributed by atoms with van der Waals surface area (Å²) in [6.45, 7) is 21.5. The van der Waals surface area contributed by atoms with Gasteiger partial charge in [-0.2, -0.15) is 0 Å².